The Hall–Kier alpha value is -2.41. The van der Waals surface area contributed by atoms with Crippen LogP contribution < -0.4 is 15.3 Å². The van der Waals surface area contributed by atoms with Crippen molar-refractivity contribution >= 4 is 40.1 Å². The summed E-state index contributed by atoms with van der Waals surface area (Å²) >= 11 is 1.41. The molecule has 0 amide bonds. The predicted molar refractivity (Wildman–Crippen MR) is 87.1 cm³/mol. The third-order valence-corrected chi connectivity index (χ3v) is 4.55. The van der Waals surface area contributed by atoms with Crippen LogP contribution in [-0.4, -0.2) is 16.5 Å². The van der Waals surface area contributed by atoms with Crippen LogP contribution in [0.15, 0.2) is 17.2 Å². The molecule has 0 atom stereocenters. The van der Waals surface area contributed by atoms with E-state index < -0.39 is 17.4 Å². The first-order valence-corrected chi connectivity index (χ1v) is 7.80. The Morgan fingerprint density at radius 2 is 2.00 bits per heavy atom. The number of nitrogens with zero attached hydrogens (tertiary/aromatic N) is 2. The highest BCUT2D eigenvalue weighted by Crippen LogP contribution is 2.23. The highest BCUT2D eigenvalue weighted by molar-refractivity contribution is 7.13. The number of Topliss-reactive ketones (excluding diaryl/α,β-unsaturated/α-hetero) is 1. The number of carbonyl (C=O) groups excluding carboxylic acids is 1. The number of hydrogen-bond acceptors (Lipinski definition) is 5. The second-order valence-electron chi connectivity index (χ2n) is 4.95. The van der Waals surface area contributed by atoms with Crippen molar-refractivity contribution < 1.29 is 13.6 Å². The zero-order chi connectivity index (χ0) is 16.6. The minimum atomic E-state index is -1.03. The van der Waals surface area contributed by atoms with Crippen LogP contribution >= 0.6 is 11.3 Å². The molecule has 0 aliphatic heterocycles. The van der Waals surface area contributed by atoms with Crippen LogP contribution in [0.4, 0.5) is 13.9 Å². The molecule has 1 heterocycles. The van der Waals surface area contributed by atoms with Crippen molar-refractivity contribution in [2.75, 3.05) is 5.43 Å². The standard InChI is InChI=1S/C16H13F2N3OS/c1-3-12-14(4-2)23-16(19-12)21-20-13-6-8-5-10(17)11(18)7-9(8)15(13)22/h3-5,7H,6H2,1-2H3,(H,19,21)/b12-3+,14-4+,20-13-. The Labute approximate surface area is 134 Å². The number of rotatable bonds is 2. The molecule has 0 saturated carbocycles. The summed E-state index contributed by atoms with van der Waals surface area (Å²) in [5.41, 5.74) is 3.57. The van der Waals surface area contributed by atoms with Gasteiger partial charge in [0, 0.05) is 12.0 Å². The van der Waals surface area contributed by atoms with Crippen LogP contribution in [0.1, 0.15) is 29.8 Å². The summed E-state index contributed by atoms with van der Waals surface area (Å²) < 4.78 is 27.5. The number of hydrazone groups is 1. The fourth-order valence-electron chi connectivity index (χ4n) is 2.37. The number of fused-ring (bicyclic) bond motifs is 1. The number of anilines is 1. The molecule has 0 fully saturated rings. The second-order valence-corrected chi connectivity index (χ2v) is 5.98. The molecule has 1 N–H and O–H groups in total. The highest BCUT2D eigenvalue weighted by atomic mass is 32.1. The summed E-state index contributed by atoms with van der Waals surface area (Å²) in [7, 11) is 0. The number of aromatic nitrogens is 1. The summed E-state index contributed by atoms with van der Waals surface area (Å²) in [6.45, 7) is 3.80. The Bertz CT molecular complexity index is 915. The summed E-state index contributed by atoms with van der Waals surface area (Å²) in [6, 6.07) is 1.97. The minimum Gasteiger partial charge on any atom is -0.287 e. The number of nitrogens with one attached hydrogen (secondary N) is 1. The first-order chi connectivity index (χ1) is 11.0. The molecule has 7 heteroatoms. The second kappa shape index (κ2) is 6.00. The molecule has 0 spiro atoms. The van der Waals surface area contributed by atoms with Crippen molar-refractivity contribution in [3.05, 3.63) is 44.8 Å². The Kier molecular flexibility index (Phi) is 4.04. The van der Waals surface area contributed by atoms with E-state index in [1.807, 2.05) is 26.0 Å². The number of halogens is 2. The summed E-state index contributed by atoms with van der Waals surface area (Å²) in [6.07, 6.45) is 3.99. The molecule has 2 aromatic rings. The van der Waals surface area contributed by atoms with E-state index in [0.29, 0.717) is 10.7 Å². The first-order valence-electron chi connectivity index (χ1n) is 6.98. The molecule has 0 unspecified atom stereocenters. The van der Waals surface area contributed by atoms with Crippen LogP contribution in [0.2, 0.25) is 0 Å². The van der Waals surface area contributed by atoms with Gasteiger partial charge in [-0.15, -0.1) is 0 Å². The third-order valence-electron chi connectivity index (χ3n) is 3.51. The molecule has 3 rings (SSSR count). The number of thiazole rings is 1. The van der Waals surface area contributed by atoms with Gasteiger partial charge in [-0.1, -0.05) is 23.5 Å². The zero-order valence-electron chi connectivity index (χ0n) is 12.5. The van der Waals surface area contributed by atoms with E-state index in [2.05, 4.69) is 15.5 Å². The van der Waals surface area contributed by atoms with Crippen molar-refractivity contribution in [2.45, 2.75) is 20.3 Å². The molecule has 0 saturated heterocycles. The molecule has 118 valence electrons. The van der Waals surface area contributed by atoms with Gasteiger partial charge in [-0.25, -0.2) is 13.8 Å². The van der Waals surface area contributed by atoms with E-state index in [-0.39, 0.29) is 17.7 Å². The normalized spacial score (nSPS) is 17.2. The quantitative estimate of drug-likeness (QED) is 0.858. The molecule has 23 heavy (non-hydrogen) atoms. The van der Waals surface area contributed by atoms with Gasteiger partial charge in [0.05, 0.1) is 9.88 Å². The number of benzene rings is 1. The van der Waals surface area contributed by atoms with Gasteiger partial charge >= 0.3 is 0 Å². The van der Waals surface area contributed by atoms with E-state index in [0.717, 1.165) is 22.0 Å². The average molecular weight is 333 g/mol. The fraction of sp³-hybridized carbons (Fsp3) is 0.188. The lowest BCUT2D eigenvalue weighted by molar-refractivity contribution is 0.106. The lowest BCUT2D eigenvalue weighted by Gasteiger charge is -1.97. The molecule has 4 nitrogen and oxygen atoms in total. The maximum absolute atomic E-state index is 13.3. The van der Waals surface area contributed by atoms with E-state index in [9.17, 15) is 13.6 Å². The molecule has 1 aromatic carbocycles. The van der Waals surface area contributed by atoms with E-state index in [1.54, 1.807) is 0 Å². The molecule has 1 aliphatic carbocycles. The van der Waals surface area contributed by atoms with Gasteiger partial charge in [-0.2, -0.15) is 5.10 Å². The van der Waals surface area contributed by atoms with Crippen LogP contribution in [0.25, 0.3) is 12.2 Å². The maximum atomic E-state index is 13.3. The highest BCUT2D eigenvalue weighted by Gasteiger charge is 2.28. The summed E-state index contributed by atoms with van der Waals surface area (Å²) in [5, 5.41) is 5.46. The SMILES string of the molecule is C/C=c1/nc(N/N=C2/Cc3cc(F)c(F)cc3C2=O)s/c1=C/C. The Morgan fingerprint density at radius 3 is 2.65 bits per heavy atom. The van der Waals surface area contributed by atoms with Gasteiger partial charge in [0.15, 0.2) is 11.6 Å². The lowest BCUT2D eigenvalue weighted by atomic mass is 10.1. The predicted octanol–water partition coefficient (Wildman–Crippen LogP) is 2.23. The molecule has 0 bridgehead atoms. The topological polar surface area (TPSA) is 54.4 Å². The number of carbonyl (C=O) groups is 1. The molecule has 1 aromatic heterocycles. The van der Waals surface area contributed by atoms with E-state index in [1.165, 1.54) is 11.3 Å². The van der Waals surface area contributed by atoms with Crippen molar-refractivity contribution in [3.8, 4) is 0 Å². The van der Waals surface area contributed by atoms with Crippen molar-refractivity contribution in [1.29, 1.82) is 0 Å². The van der Waals surface area contributed by atoms with Crippen molar-refractivity contribution in [1.82, 2.24) is 4.98 Å². The monoisotopic (exact) mass is 333 g/mol. The van der Waals surface area contributed by atoms with Gasteiger partial charge in [-0.3, -0.25) is 10.2 Å². The zero-order valence-corrected chi connectivity index (χ0v) is 13.3. The minimum absolute atomic E-state index is 0.161. The summed E-state index contributed by atoms with van der Waals surface area (Å²) in [4.78, 5) is 16.5. The average Bonchev–Trinajstić information content (AvgIpc) is 3.08. The first kappa shape index (κ1) is 15.5. The molecular weight excluding hydrogens is 320 g/mol. The van der Waals surface area contributed by atoms with E-state index in [4.69, 9.17) is 0 Å². The number of hydrogen-bond donors (Lipinski definition) is 1. The van der Waals surface area contributed by atoms with E-state index >= 15 is 0 Å². The Morgan fingerprint density at radius 1 is 1.26 bits per heavy atom. The van der Waals surface area contributed by atoms with Gasteiger partial charge in [0.1, 0.15) is 5.71 Å². The smallest absolute Gasteiger partial charge is 0.209 e. The molecule has 0 radical (unpaired) electrons. The lowest BCUT2D eigenvalue weighted by Crippen LogP contribution is -2.19. The van der Waals surface area contributed by atoms with Gasteiger partial charge < -0.3 is 0 Å². The fourth-order valence-corrected chi connectivity index (χ4v) is 3.20. The van der Waals surface area contributed by atoms with Crippen molar-refractivity contribution in [2.24, 2.45) is 5.10 Å². The number of ketones is 1. The van der Waals surface area contributed by atoms with Crippen molar-refractivity contribution in [3.63, 3.8) is 0 Å². The third kappa shape index (κ3) is 2.79. The summed E-state index contributed by atoms with van der Waals surface area (Å²) in [5.74, 6) is -2.39. The van der Waals surface area contributed by atoms with Crippen LogP contribution in [-0.2, 0) is 6.42 Å². The Balaban J connectivity index is 1.88. The van der Waals surface area contributed by atoms with Gasteiger partial charge in [0.25, 0.3) is 0 Å². The molecular formula is C16H13F2N3OS. The van der Waals surface area contributed by atoms with Crippen LogP contribution in [0.5, 0.6) is 0 Å². The molecule has 1 aliphatic rings. The van der Waals surface area contributed by atoms with Crippen LogP contribution in [0, 0.1) is 11.6 Å². The largest absolute Gasteiger partial charge is 0.287 e. The van der Waals surface area contributed by atoms with Gasteiger partial charge in [0.2, 0.25) is 10.9 Å². The van der Waals surface area contributed by atoms with Crippen LogP contribution in [0.3, 0.4) is 0 Å². The maximum Gasteiger partial charge on any atom is 0.209 e. The van der Waals surface area contributed by atoms with Gasteiger partial charge in [-0.05, 0) is 31.5 Å².